The summed E-state index contributed by atoms with van der Waals surface area (Å²) in [5.74, 6) is 2.70. The van der Waals surface area contributed by atoms with Gasteiger partial charge in [-0.1, -0.05) is 46.0 Å². The van der Waals surface area contributed by atoms with Crippen LogP contribution in [0.1, 0.15) is 99.0 Å². The molecule has 0 amide bonds. The standard InChI is InChI=1S/C25H36O2S2/c1-3-5-17-7-9-18(10-8-17)19-11-13-21(14-12-19)27-24(26)23-16-20-15-22(6-4-2)28-25(20)29-23/h15-19,21H,3-14H2,1-2H3/t17-,18-,19-,21-. The van der Waals surface area contributed by atoms with E-state index in [1.807, 2.05) is 17.4 Å². The molecule has 0 atom stereocenters. The Kier molecular flexibility index (Phi) is 7.34. The Hall–Kier alpha value is -0.870. The molecule has 2 heterocycles. The number of rotatable bonds is 7. The fourth-order valence-corrected chi connectivity index (χ4v) is 8.08. The number of aryl methyl sites for hydroxylation is 1. The van der Waals surface area contributed by atoms with Crippen molar-refractivity contribution >= 4 is 38.0 Å². The molecular weight excluding hydrogens is 396 g/mol. The van der Waals surface area contributed by atoms with Crippen molar-refractivity contribution in [2.24, 2.45) is 17.8 Å². The summed E-state index contributed by atoms with van der Waals surface area (Å²) < 4.78 is 7.18. The van der Waals surface area contributed by atoms with Crippen molar-refractivity contribution in [3.8, 4) is 0 Å². The number of carbonyl (C=O) groups is 1. The van der Waals surface area contributed by atoms with Gasteiger partial charge in [0.05, 0.1) is 4.01 Å². The molecule has 2 aromatic heterocycles. The molecule has 2 aliphatic rings. The van der Waals surface area contributed by atoms with Crippen LogP contribution in [-0.4, -0.2) is 12.1 Å². The van der Waals surface area contributed by atoms with E-state index in [9.17, 15) is 4.79 Å². The van der Waals surface area contributed by atoms with Gasteiger partial charge in [-0.15, -0.1) is 22.7 Å². The van der Waals surface area contributed by atoms with Crippen molar-refractivity contribution < 1.29 is 9.53 Å². The molecule has 4 rings (SSSR count). The van der Waals surface area contributed by atoms with Crippen molar-refractivity contribution in [3.05, 3.63) is 21.9 Å². The summed E-state index contributed by atoms with van der Waals surface area (Å²) in [5.41, 5.74) is 0. The summed E-state index contributed by atoms with van der Waals surface area (Å²) >= 11 is 3.45. The molecule has 4 heteroatoms. The number of fused-ring (bicyclic) bond motifs is 1. The van der Waals surface area contributed by atoms with Gasteiger partial charge in [-0.2, -0.15) is 0 Å². The first-order chi connectivity index (χ1) is 14.2. The average molecular weight is 433 g/mol. The zero-order valence-corrected chi connectivity index (χ0v) is 19.7. The van der Waals surface area contributed by atoms with Gasteiger partial charge in [-0.25, -0.2) is 4.79 Å². The SMILES string of the molecule is CCCc1cc2cc(C(=O)O[C@H]3CC[C@H]([C@H]4CC[C@H](CCC)CC4)CC3)sc2s1. The molecule has 2 aliphatic carbocycles. The van der Waals surface area contributed by atoms with Gasteiger partial charge in [-0.3, -0.25) is 0 Å². The first-order valence-corrected chi connectivity index (χ1v) is 13.5. The Bertz CT molecular complexity index is 757. The predicted octanol–water partition coefficient (Wildman–Crippen LogP) is 8.24. The lowest BCUT2D eigenvalue weighted by Crippen LogP contribution is -2.29. The van der Waals surface area contributed by atoms with E-state index in [-0.39, 0.29) is 12.1 Å². The van der Waals surface area contributed by atoms with Crippen molar-refractivity contribution in [3.63, 3.8) is 0 Å². The Labute approximate surface area is 184 Å². The molecule has 0 bridgehead atoms. The monoisotopic (exact) mass is 432 g/mol. The second-order valence-corrected chi connectivity index (χ2v) is 11.8. The van der Waals surface area contributed by atoms with Crippen LogP contribution in [0.5, 0.6) is 0 Å². The van der Waals surface area contributed by atoms with Crippen molar-refractivity contribution in [2.75, 3.05) is 0 Å². The molecule has 0 saturated heterocycles. The Morgan fingerprint density at radius 3 is 2.24 bits per heavy atom. The Morgan fingerprint density at radius 2 is 1.62 bits per heavy atom. The third-order valence-corrected chi connectivity index (χ3v) is 9.64. The first-order valence-electron chi connectivity index (χ1n) is 11.9. The Morgan fingerprint density at radius 1 is 0.931 bits per heavy atom. The van der Waals surface area contributed by atoms with Crippen LogP contribution in [0.25, 0.3) is 9.40 Å². The van der Waals surface area contributed by atoms with Crippen LogP contribution in [0, 0.1) is 17.8 Å². The average Bonchev–Trinajstić information content (AvgIpc) is 3.29. The smallest absolute Gasteiger partial charge is 0.348 e. The summed E-state index contributed by atoms with van der Waals surface area (Å²) in [6, 6.07) is 4.29. The molecule has 0 spiro atoms. The van der Waals surface area contributed by atoms with Crippen LogP contribution >= 0.6 is 22.7 Å². The van der Waals surface area contributed by atoms with Crippen LogP contribution in [0.4, 0.5) is 0 Å². The number of esters is 1. The lowest BCUT2D eigenvalue weighted by Gasteiger charge is -2.37. The summed E-state index contributed by atoms with van der Waals surface area (Å²) in [6.45, 7) is 4.53. The van der Waals surface area contributed by atoms with Gasteiger partial charge in [-0.05, 0) is 74.8 Å². The predicted molar refractivity (Wildman–Crippen MR) is 125 cm³/mol. The number of carbonyl (C=O) groups excluding carboxylic acids is 1. The Balaban J connectivity index is 1.24. The highest BCUT2D eigenvalue weighted by Crippen LogP contribution is 2.42. The fraction of sp³-hybridized carbons (Fsp3) is 0.720. The third kappa shape index (κ3) is 5.25. The van der Waals surface area contributed by atoms with E-state index in [2.05, 4.69) is 19.9 Å². The third-order valence-electron chi connectivity index (χ3n) is 7.21. The number of ether oxygens (including phenoxy) is 1. The maximum atomic E-state index is 12.7. The maximum absolute atomic E-state index is 12.7. The zero-order valence-electron chi connectivity index (χ0n) is 18.1. The molecule has 160 valence electrons. The number of thiophene rings is 2. The maximum Gasteiger partial charge on any atom is 0.348 e. The second-order valence-electron chi connectivity index (χ2n) is 9.33. The molecule has 0 radical (unpaired) electrons. The van der Waals surface area contributed by atoms with Crippen LogP contribution in [-0.2, 0) is 11.2 Å². The first kappa shape index (κ1) is 21.4. The molecule has 2 nitrogen and oxygen atoms in total. The topological polar surface area (TPSA) is 26.3 Å². The fourth-order valence-electron chi connectivity index (χ4n) is 5.60. The van der Waals surface area contributed by atoms with Gasteiger partial charge < -0.3 is 4.74 Å². The minimum Gasteiger partial charge on any atom is -0.458 e. The summed E-state index contributed by atoms with van der Waals surface area (Å²) in [5, 5.41) is 1.22. The highest BCUT2D eigenvalue weighted by atomic mass is 32.2. The van der Waals surface area contributed by atoms with E-state index in [1.54, 1.807) is 11.3 Å². The van der Waals surface area contributed by atoms with Crippen LogP contribution in [0.3, 0.4) is 0 Å². The van der Waals surface area contributed by atoms with Gasteiger partial charge in [0, 0.05) is 10.3 Å². The van der Waals surface area contributed by atoms with Crippen LogP contribution in [0.2, 0.25) is 0 Å². The molecular formula is C25H36O2S2. The molecule has 0 aliphatic heterocycles. The normalized spacial score (nSPS) is 27.9. The van der Waals surface area contributed by atoms with Gasteiger partial charge >= 0.3 is 5.97 Å². The summed E-state index contributed by atoms with van der Waals surface area (Å²) in [7, 11) is 0. The highest BCUT2D eigenvalue weighted by Gasteiger charge is 2.32. The van der Waals surface area contributed by atoms with E-state index in [0.717, 1.165) is 41.9 Å². The molecule has 0 N–H and O–H groups in total. The minimum absolute atomic E-state index is 0.0982. The van der Waals surface area contributed by atoms with Crippen LogP contribution in [0.15, 0.2) is 12.1 Å². The lowest BCUT2D eigenvalue weighted by atomic mass is 9.70. The highest BCUT2D eigenvalue weighted by molar-refractivity contribution is 7.39. The number of hydrogen-bond donors (Lipinski definition) is 0. The van der Waals surface area contributed by atoms with Gasteiger partial charge in [0.1, 0.15) is 11.0 Å². The van der Waals surface area contributed by atoms with Crippen molar-refractivity contribution in [1.29, 1.82) is 0 Å². The molecule has 29 heavy (non-hydrogen) atoms. The van der Waals surface area contributed by atoms with E-state index in [0.29, 0.717) is 0 Å². The summed E-state index contributed by atoms with van der Waals surface area (Å²) in [6.07, 6.45) is 15.6. The number of hydrogen-bond acceptors (Lipinski definition) is 4. The van der Waals surface area contributed by atoms with E-state index < -0.39 is 0 Å². The second kappa shape index (κ2) is 9.96. The largest absolute Gasteiger partial charge is 0.458 e. The molecule has 2 saturated carbocycles. The molecule has 2 fully saturated rings. The van der Waals surface area contributed by atoms with Crippen molar-refractivity contribution in [2.45, 2.75) is 97.0 Å². The van der Waals surface area contributed by atoms with Gasteiger partial charge in [0.25, 0.3) is 0 Å². The van der Waals surface area contributed by atoms with Gasteiger partial charge in [0.15, 0.2) is 0 Å². The quantitative estimate of drug-likeness (QED) is 0.412. The summed E-state index contributed by atoms with van der Waals surface area (Å²) in [4.78, 5) is 14.9. The van der Waals surface area contributed by atoms with E-state index in [1.165, 1.54) is 72.1 Å². The molecule has 0 aromatic carbocycles. The van der Waals surface area contributed by atoms with Crippen LogP contribution < -0.4 is 0 Å². The van der Waals surface area contributed by atoms with Crippen molar-refractivity contribution in [1.82, 2.24) is 0 Å². The lowest BCUT2D eigenvalue weighted by molar-refractivity contribution is 0.0114. The van der Waals surface area contributed by atoms with Gasteiger partial charge in [0.2, 0.25) is 0 Å². The minimum atomic E-state index is -0.0982. The molecule has 0 unspecified atom stereocenters. The van der Waals surface area contributed by atoms with E-state index in [4.69, 9.17) is 4.74 Å². The molecule has 2 aromatic rings. The van der Waals surface area contributed by atoms with E-state index >= 15 is 0 Å². The zero-order chi connectivity index (χ0) is 20.2.